The lowest BCUT2D eigenvalue weighted by Crippen LogP contribution is -2.50. The number of benzene rings is 1. The zero-order valence-electron chi connectivity index (χ0n) is 13.5. The van der Waals surface area contributed by atoms with Gasteiger partial charge in [-0.1, -0.05) is 36.9 Å². The lowest BCUT2D eigenvalue weighted by molar-refractivity contribution is -0.140. The number of rotatable bonds is 10. The molecule has 0 spiro atoms. The van der Waals surface area contributed by atoms with E-state index in [-0.39, 0.29) is 11.8 Å². The highest BCUT2D eigenvalue weighted by atomic mass is 28.4. The molecule has 22 heavy (non-hydrogen) atoms. The van der Waals surface area contributed by atoms with Crippen LogP contribution < -0.4 is 0 Å². The molecule has 0 fully saturated rings. The number of esters is 1. The molecule has 0 atom stereocenters. The summed E-state index contributed by atoms with van der Waals surface area (Å²) in [6.45, 7) is 10.6. The summed E-state index contributed by atoms with van der Waals surface area (Å²) >= 11 is 0. The maximum absolute atomic E-state index is 12.3. The summed E-state index contributed by atoms with van der Waals surface area (Å²) in [7, 11) is -3.27. The molecule has 0 saturated carbocycles. The van der Waals surface area contributed by atoms with E-state index >= 15 is 0 Å². The summed E-state index contributed by atoms with van der Waals surface area (Å²) in [5.74, 6) is -0.550. The molecule has 122 valence electrons. The molecule has 1 rings (SSSR count). The Morgan fingerprint density at radius 1 is 1.00 bits per heavy atom. The van der Waals surface area contributed by atoms with Gasteiger partial charge in [0.15, 0.2) is 0 Å². The topological polar surface area (TPSA) is 54.0 Å². The quantitative estimate of drug-likeness (QED) is 0.376. The second kappa shape index (κ2) is 9.53. The molecule has 0 aliphatic heterocycles. The molecule has 0 heterocycles. The first-order chi connectivity index (χ1) is 10.6. The number of carbonyl (C=O) groups excluding carboxylic acids is 1. The van der Waals surface area contributed by atoms with Crippen molar-refractivity contribution in [3.63, 3.8) is 0 Å². The molecule has 1 aromatic rings. The van der Waals surface area contributed by atoms with Crippen LogP contribution in [0.3, 0.4) is 0 Å². The van der Waals surface area contributed by atoms with E-state index in [1.807, 2.05) is 51.1 Å². The Labute approximate surface area is 133 Å². The lowest BCUT2D eigenvalue weighted by atomic mass is 10.2. The highest BCUT2D eigenvalue weighted by molar-refractivity contribution is 6.73. The van der Waals surface area contributed by atoms with Crippen molar-refractivity contribution in [2.24, 2.45) is 0 Å². The van der Waals surface area contributed by atoms with E-state index in [2.05, 4.69) is 6.58 Å². The molecular formula is C16H24O5Si. The third-order valence-corrected chi connectivity index (χ3v) is 5.78. The molecular weight excluding hydrogens is 300 g/mol. The fraction of sp³-hybridized carbons (Fsp3) is 0.438. The van der Waals surface area contributed by atoms with E-state index in [1.165, 1.54) is 0 Å². The minimum atomic E-state index is -3.27. The predicted molar refractivity (Wildman–Crippen MR) is 86.0 cm³/mol. The number of hydrogen-bond donors (Lipinski definition) is 0. The molecule has 1 aromatic carbocycles. The van der Waals surface area contributed by atoms with Crippen LogP contribution in [-0.2, 0) is 29.4 Å². The molecule has 0 aliphatic carbocycles. The minimum Gasteiger partial charge on any atom is -0.458 e. The largest absolute Gasteiger partial charge is 0.544 e. The Kier molecular flexibility index (Phi) is 8.04. The first-order valence-electron chi connectivity index (χ1n) is 7.41. The summed E-state index contributed by atoms with van der Waals surface area (Å²) in [4.78, 5) is 12.3. The highest BCUT2D eigenvalue weighted by Gasteiger charge is 2.48. The average molecular weight is 324 g/mol. The van der Waals surface area contributed by atoms with Crippen molar-refractivity contribution in [2.75, 3.05) is 19.8 Å². The summed E-state index contributed by atoms with van der Waals surface area (Å²) < 4.78 is 22.2. The van der Waals surface area contributed by atoms with Gasteiger partial charge in [-0.3, -0.25) is 0 Å². The van der Waals surface area contributed by atoms with Crippen molar-refractivity contribution in [2.45, 2.75) is 27.4 Å². The normalized spacial score (nSPS) is 11.2. The monoisotopic (exact) mass is 324 g/mol. The predicted octanol–water partition coefficient (Wildman–Crippen LogP) is 2.87. The fourth-order valence-corrected chi connectivity index (χ4v) is 4.13. The van der Waals surface area contributed by atoms with Crippen molar-refractivity contribution in [1.82, 2.24) is 0 Å². The Bertz CT molecular complexity index is 458. The second-order valence-corrected chi connectivity index (χ2v) is 6.98. The second-order valence-electron chi connectivity index (χ2n) is 4.40. The van der Waals surface area contributed by atoms with Crippen LogP contribution in [0.5, 0.6) is 0 Å². The zero-order chi connectivity index (χ0) is 16.4. The maximum Gasteiger partial charge on any atom is 0.544 e. The molecule has 0 unspecified atom stereocenters. The van der Waals surface area contributed by atoms with Crippen molar-refractivity contribution in [3.05, 3.63) is 47.7 Å². The van der Waals surface area contributed by atoms with Gasteiger partial charge in [-0.2, -0.15) is 0 Å². The Morgan fingerprint density at radius 2 is 1.50 bits per heavy atom. The fourth-order valence-electron chi connectivity index (χ4n) is 1.89. The van der Waals surface area contributed by atoms with E-state index in [0.29, 0.717) is 19.8 Å². The average Bonchev–Trinajstić information content (AvgIpc) is 2.53. The van der Waals surface area contributed by atoms with Crippen LogP contribution >= 0.6 is 0 Å². The van der Waals surface area contributed by atoms with Gasteiger partial charge in [-0.15, -0.1) is 0 Å². The summed E-state index contributed by atoms with van der Waals surface area (Å²) in [6.07, 6.45) is 0. The van der Waals surface area contributed by atoms with Crippen LogP contribution in [0, 0.1) is 0 Å². The molecule has 0 aromatic heterocycles. The van der Waals surface area contributed by atoms with E-state index in [0.717, 1.165) is 5.56 Å². The maximum atomic E-state index is 12.3. The molecule has 6 heteroatoms. The highest BCUT2D eigenvalue weighted by Crippen LogP contribution is 2.20. The SMILES string of the molecule is C=C(C(=O)OCc1ccccc1)[Si](OCC)(OCC)OCC. The first-order valence-corrected chi connectivity index (χ1v) is 9.14. The van der Waals surface area contributed by atoms with Crippen LogP contribution in [0.25, 0.3) is 0 Å². The van der Waals surface area contributed by atoms with Gasteiger partial charge in [0.2, 0.25) is 0 Å². The van der Waals surface area contributed by atoms with Gasteiger partial charge in [0.05, 0.1) is 0 Å². The van der Waals surface area contributed by atoms with Gasteiger partial charge < -0.3 is 18.0 Å². The first kappa shape index (κ1) is 18.6. The van der Waals surface area contributed by atoms with Gasteiger partial charge >= 0.3 is 14.8 Å². The van der Waals surface area contributed by atoms with Crippen LogP contribution in [0.1, 0.15) is 26.3 Å². The van der Waals surface area contributed by atoms with E-state index in [9.17, 15) is 4.79 Å². The molecule has 0 N–H and O–H groups in total. The number of carbonyl (C=O) groups is 1. The van der Waals surface area contributed by atoms with Crippen molar-refractivity contribution in [3.8, 4) is 0 Å². The molecule has 0 bridgehead atoms. The standard InChI is InChI=1S/C16H24O5Si/c1-5-19-22(20-6-2,21-7-3)14(4)16(17)18-13-15-11-9-8-10-12-15/h8-12H,4-7,13H2,1-3H3. The van der Waals surface area contributed by atoms with Gasteiger partial charge in [-0.25, -0.2) is 4.79 Å². The van der Waals surface area contributed by atoms with E-state index < -0.39 is 14.8 Å². The molecule has 0 saturated heterocycles. The summed E-state index contributed by atoms with van der Waals surface area (Å²) in [5.41, 5.74) is 0.903. The molecule has 5 nitrogen and oxygen atoms in total. The van der Waals surface area contributed by atoms with Gasteiger partial charge in [0, 0.05) is 19.8 Å². The smallest absolute Gasteiger partial charge is 0.458 e. The van der Waals surface area contributed by atoms with Crippen molar-refractivity contribution < 1.29 is 22.8 Å². The van der Waals surface area contributed by atoms with E-state index in [1.54, 1.807) is 0 Å². The third kappa shape index (κ3) is 5.06. The number of ether oxygens (including phenoxy) is 1. The Hall–Kier alpha value is -1.47. The number of hydrogen-bond acceptors (Lipinski definition) is 5. The van der Waals surface area contributed by atoms with Gasteiger partial charge in [0.1, 0.15) is 11.8 Å². The molecule has 0 radical (unpaired) electrons. The summed E-state index contributed by atoms with van der Waals surface area (Å²) in [5, 5.41) is 0.133. The Morgan fingerprint density at radius 3 is 1.95 bits per heavy atom. The Balaban J connectivity index is 2.76. The van der Waals surface area contributed by atoms with Crippen molar-refractivity contribution >= 4 is 14.8 Å². The molecule has 0 amide bonds. The van der Waals surface area contributed by atoms with Crippen molar-refractivity contribution in [1.29, 1.82) is 0 Å². The van der Waals surface area contributed by atoms with Crippen LogP contribution in [0.15, 0.2) is 42.1 Å². The van der Waals surface area contributed by atoms with Crippen LogP contribution in [0.2, 0.25) is 0 Å². The third-order valence-electron chi connectivity index (χ3n) is 2.83. The van der Waals surface area contributed by atoms with Gasteiger partial charge in [0.25, 0.3) is 0 Å². The summed E-state index contributed by atoms with van der Waals surface area (Å²) in [6, 6.07) is 9.44. The zero-order valence-corrected chi connectivity index (χ0v) is 14.5. The minimum absolute atomic E-state index is 0.133. The lowest BCUT2D eigenvalue weighted by Gasteiger charge is -2.28. The van der Waals surface area contributed by atoms with E-state index in [4.69, 9.17) is 18.0 Å². The van der Waals surface area contributed by atoms with Crippen LogP contribution in [0.4, 0.5) is 0 Å². The van der Waals surface area contributed by atoms with Crippen LogP contribution in [-0.4, -0.2) is 34.6 Å². The van der Waals surface area contributed by atoms with Gasteiger partial charge in [-0.05, 0) is 26.3 Å². The molecule has 0 aliphatic rings.